The molecule has 0 spiro atoms. The molecule has 24 heavy (non-hydrogen) atoms. The lowest BCUT2D eigenvalue weighted by Crippen LogP contribution is -2.55. The van der Waals surface area contributed by atoms with Crippen LogP contribution in [0, 0.1) is 34.5 Å². The molecule has 3 saturated carbocycles. The van der Waals surface area contributed by atoms with Crippen LogP contribution in [0.3, 0.4) is 0 Å². The molecule has 3 nitrogen and oxygen atoms in total. The van der Waals surface area contributed by atoms with Crippen LogP contribution in [-0.4, -0.2) is 28.2 Å². The van der Waals surface area contributed by atoms with Crippen molar-refractivity contribution in [2.75, 3.05) is 0 Å². The van der Waals surface area contributed by atoms with Gasteiger partial charge in [-0.2, -0.15) is 0 Å². The number of rotatable bonds is 1. The minimum Gasteiger partial charge on any atom is -0.393 e. The number of carbonyl (C=O) groups excluding carboxylic acids is 1. The molecule has 8 atom stereocenters. The predicted octanol–water partition coefficient (Wildman–Crippen LogP) is 3.49. The second kappa shape index (κ2) is 5.41. The van der Waals surface area contributed by atoms with Gasteiger partial charge in [-0.1, -0.05) is 25.5 Å². The molecule has 2 N–H and O–H groups in total. The van der Waals surface area contributed by atoms with Gasteiger partial charge in [0.05, 0.1) is 12.2 Å². The fraction of sp³-hybridized carbons (Fsp3) is 0.857. The molecule has 0 amide bonds. The van der Waals surface area contributed by atoms with Gasteiger partial charge in [-0.15, -0.1) is 0 Å². The second-order valence-corrected chi connectivity index (χ2v) is 9.52. The summed E-state index contributed by atoms with van der Waals surface area (Å²) in [6.45, 7) is 6.37. The van der Waals surface area contributed by atoms with Gasteiger partial charge in [-0.25, -0.2) is 0 Å². The number of hydrogen-bond acceptors (Lipinski definition) is 3. The highest BCUT2D eigenvalue weighted by molar-refractivity contribution is 5.79. The van der Waals surface area contributed by atoms with E-state index < -0.39 is 12.2 Å². The summed E-state index contributed by atoms with van der Waals surface area (Å²) in [6.07, 6.45) is 8.26. The summed E-state index contributed by atoms with van der Waals surface area (Å²) in [6, 6.07) is 0. The second-order valence-electron chi connectivity index (χ2n) is 9.52. The number of hydrogen-bond donors (Lipinski definition) is 2. The van der Waals surface area contributed by atoms with Gasteiger partial charge < -0.3 is 10.2 Å². The molecule has 0 aliphatic heterocycles. The van der Waals surface area contributed by atoms with Crippen LogP contribution >= 0.6 is 0 Å². The molecule has 3 fully saturated rings. The van der Waals surface area contributed by atoms with Crippen molar-refractivity contribution in [3.05, 3.63) is 11.6 Å². The monoisotopic (exact) mass is 332 g/mol. The summed E-state index contributed by atoms with van der Waals surface area (Å²) in [5.74, 6) is 2.31. The number of aliphatic hydroxyl groups excluding tert-OH is 2. The van der Waals surface area contributed by atoms with E-state index in [0.29, 0.717) is 30.0 Å². The Morgan fingerprint density at radius 2 is 1.92 bits per heavy atom. The van der Waals surface area contributed by atoms with Gasteiger partial charge in [-0.3, -0.25) is 4.79 Å². The predicted molar refractivity (Wildman–Crippen MR) is 93.3 cm³/mol. The Balaban J connectivity index is 1.69. The highest BCUT2D eigenvalue weighted by atomic mass is 16.3. The van der Waals surface area contributed by atoms with Crippen molar-refractivity contribution in [2.24, 2.45) is 34.5 Å². The summed E-state index contributed by atoms with van der Waals surface area (Å²) < 4.78 is 0. The Kier molecular flexibility index (Phi) is 3.78. The maximum absolute atomic E-state index is 12.2. The highest BCUT2D eigenvalue weighted by Crippen LogP contribution is 2.66. The third kappa shape index (κ3) is 2.07. The van der Waals surface area contributed by atoms with E-state index in [1.807, 2.05) is 0 Å². The zero-order chi connectivity index (χ0) is 17.3. The van der Waals surface area contributed by atoms with Crippen LogP contribution < -0.4 is 0 Å². The Hall–Kier alpha value is -0.670. The lowest BCUT2D eigenvalue weighted by molar-refractivity contribution is -0.131. The zero-order valence-electron chi connectivity index (χ0n) is 15.3. The molecule has 4 aliphatic carbocycles. The van der Waals surface area contributed by atoms with Gasteiger partial charge in [0, 0.05) is 17.8 Å². The number of aliphatic hydroxyl groups is 2. The molecular weight excluding hydrogens is 300 g/mol. The largest absolute Gasteiger partial charge is 0.393 e. The molecule has 0 unspecified atom stereocenters. The third-order valence-corrected chi connectivity index (χ3v) is 8.67. The summed E-state index contributed by atoms with van der Waals surface area (Å²) in [5, 5.41) is 20.9. The van der Waals surface area contributed by atoms with Crippen LogP contribution in [0.15, 0.2) is 11.6 Å². The summed E-state index contributed by atoms with van der Waals surface area (Å²) in [4.78, 5) is 12.2. The standard InChI is InChI=1S/C21H32O3/c1-12(22)16-6-7-17-15-5-4-13-10-14(23)11-19(24)21(13,3)18(15)8-9-20(16,17)2/h4,14-19,23-24H,5-11H2,1-3H3/t14-,15+,16-,17+,18+,19+,20-,21+/m1/s1. The zero-order valence-corrected chi connectivity index (χ0v) is 15.3. The van der Waals surface area contributed by atoms with Crippen LogP contribution in [0.2, 0.25) is 0 Å². The van der Waals surface area contributed by atoms with Crippen molar-refractivity contribution in [2.45, 2.75) is 77.9 Å². The van der Waals surface area contributed by atoms with Crippen LogP contribution in [0.4, 0.5) is 0 Å². The Morgan fingerprint density at radius 3 is 2.62 bits per heavy atom. The van der Waals surface area contributed by atoms with E-state index in [9.17, 15) is 15.0 Å². The molecular formula is C21H32O3. The number of allylic oxidation sites excluding steroid dienone is 1. The topological polar surface area (TPSA) is 57.5 Å². The molecule has 0 aromatic heterocycles. The van der Waals surface area contributed by atoms with Crippen molar-refractivity contribution in [3.63, 3.8) is 0 Å². The molecule has 0 heterocycles. The van der Waals surface area contributed by atoms with Crippen molar-refractivity contribution in [1.82, 2.24) is 0 Å². The lowest BCUT2D eigenvalue weighted by atomic mass is 9.46. The third-order valence-electron chi connectivity index (χ3n) is 8.67. The Labute approximate surface area is 145 Å². The van der Waals surface area contributed by atoms with Gasteiger partial charge in [-0.05, 0) is 68.6 Å². The van der Waals surface area contributed by atoms with E-state index in [1.54, 1.807) is 6.92 Å². The number of ketones is 1. The van der Waals surface area contributed by atoms with E-state index in [0.717, 1.165) is 32.1 Å². The average Bonchev–Trinajstić information content (AvgIpc) is 2.86. The first-order valence-electron chi connectivity index (χ1n) is 9.84. The van der Waals surface area contributed by atoms with Gasteiger partial charge >= 0.3 is 0 Å². The minimum atomic E-state index is -0.435. The van der Waals surface area contributed by atoms with Crippen LogP contribution in [0.5, 0.6) is 0 Å². The lowest BCUT2D eigenvalue weighted by Gasteiger charge is -2.59. The minimum absolute atomic E-state index is 0.161. The molecule has 0 bridgehead atoms. The smallest absolute Gasteiger partial charge is 0.133 e. The molecule has 134 valence electrons. The maximum atomic E-state index is 12.2. The molecule has 0 radical (unpaired) electrons. The fourth-order valence-electron chi connectivity index (χ4n) is 7.37. The molecule has 0 saturated heterocycles. The number of carbonyl (C=O) groups is 1. The van der Waals surface area contributed by atoms with Crippen LogP contribution in [0.25, 0.3) is 0 Å². The van der Waals surface area contributed by atoms with Gasteiger partial charge in [0.1, 0.15) is 5.78 Å². The maximum Gasteiger partial charge on any atom is 0.133 e. The quantitative estimate of drug-likeness (QED) is 0.723. The summed E-state index contributed by atoms with van der Waals surface area (Å²) >= 11 is 0. The molecule has 0 aromatic carbocycles. The Bertz CT molecular complexity index is 582. The first kappa shape index (κ1) is 16.8. The van der Waals surface area contributed by atoms with Crippen molar-refractivity contribution >= 4 is 5.78 Å². The van der Waals surface area contributed by atoms with Crippen LogP contribution in [-0.2, 0) is 4.79 Å². The van der Waals surface area contributed by atoms with Crippen molar-refractivity contribution < 1.29 is 15.0 Å². The average molecular weight is 332 g/mol. The van der Waals surface area contributed by atoms with Crippen molar-refractivity contribution in [3.8, 4) is 0 Å². The van der Waals surface area contributed by atoms with E-state index in [2.05, 4.69) is 19.9 Å². The molecule has 3 heteroatoms. The van der Waals surface area contributed by atoms with Crippen molar-refractivity contribution in [1.29, 1.82) is 0 Å². The van der Waals surface area contributed by atoms with E-state index in [1.165, 1.54) is 12.0 Å². The SMILES string of the molecule is CC(=O)[C@H]1CC[C@H]2[C@@H]3CC=C4C[C@@H](O)C[C@H](O)[C@]4(C)[C@H]3CC[C@]12C. The van der Waals surface area contributed by atoms with Crippen LogP contribution in [0.1, 0.15) is 65.7 Å². The van der Waals surface area contributed by atoms with Gasteiger partial charge in [0.25, 0.3) is 0 Å². The van der Waals surface area contributed by atoms with E-state index in [-0.39, 0.29) is 16.7 Å². The van der Waals surface area contributed by atoms with Gasteiger partial charge in [0.15, 0.2) is 0 Å². The molecule has 4 rings (SSSR count). The number of fused-ring (bicyclic) bond motifs is 5. The van der Waals surface area contributed by atoms with E-state index >= 15 is 0 Å². The summed E-state index contributed by atoms with van der Waals surface area (Å²) in [5.41, 5.74) is 1.28. The first-order valence-corrected chi connectivity index (χ1v) is 9.84. The first-order chi connectivity index (χ1) is 11.3. The molecule has 4 aliphatic rings. The van der Waals surface area contributed by atoms with Gasteiger partial charge in [0.2, 0.25) is 0 Å². The normalized spacial score (nSPS) is 53.6. The number of Topliss-reactive ketones (excluding diaryl/α,β-unsaturated/α-hetero) is 1. The Morgan fingerprint density at radius 1 is 1.17 bits per heavy atom. The van der Waals surface area contributed by atoms with E-state index in [4.69, 9.17) is 0 Å². The highest BCUT2D eigenvalue weighted by Gasteiger charge is 2.61. The summed E-state index contributed by atoms with van der Waals surface area (Å²) in [7, 11) is 0. The fourth-order valence-corrected chi connectivity index (χ4v) is 7.37. The molecule has 0 aromatic rings.